The van der Waals surface area contributed by atoms with Crippen LogP contribution in [0, 0.1) is 13.8 Å². The topological polar surface area (TPSA) is 82.5 Å². The van der Waals surface area contributed by atoms with E-state index in [4.69, 9.17) is 9.47 Å². The van der Waals surface area contributed by atoms with E-state index >= 15 is 0 Å². The van der Waals surface area contributed by atoms with E-state index in [1.165, 1.54) is 26.4 Å². The van der Waals surface area contributed by atoms with Gasteiger partial charge in [0.2, 0.25) is 0 Å². The maximum absolute atomic E-state index is 12.9. The van der Waals surface area contributed by atoms with Gasteiger partial charge in [0, 0.05) is 11.8 Å². The molecule has 154 valence electrons. The molecule has 3 aromatic rings. The molecule has 1 heterocycles. The maximum Gasteiger partial charge on any atom is 0.265 e. The first-order valence-electron chi connectivity index (χ1n) is 8.78. The van der Waals surface area contributed by atoms with Gasteiger partial charge in [0.15, 0.2) is 0 Å². The van der Waals surface area contributed by atoms with Crippen molar-refractivity contribution in [1.29, 1.82) is 0 Å². The zero-order chi connectivity index (χ0) is 21.2. The van der Waals surface area contributed by atoms with Crippen LogP contribution < -0.4 is 14.2 Å². The van der Waals surface area contributed by atoms with E-state index in [9.17, 15) is 8.42 Å². The lowest BCUT2D eigenvalue weighted by Gasteiger charge is -2.13. The summed E-state index contributed by atoms with van der Waals surface area (Å²) in [5, 5.41) is 4.50. The predicted molar refractivity (Wildman–Crippen MR) is 115 cm³/mol. The molecule has 1 aromatic heterocycles. The van der Waals surface area contributed by atoms with Gasteiger partial charge in [-0.2, -0.15) is 5.10 Å². The average Bonchev–Trinajstić information content (AvgIpc) is 2.94. The Hall–Kier alpha value is -2.52. The third kappa shape index (κ3) is 4.56. The first-order chi connectivity index (χ1) is 13.7. The molecular weight excluding hydrogens is 458 g/mol. The number of hydrogen-bond donors (Lipinski definition) is 1. The Kier molecular flexibility index (Phi) is 6.18. The number of rotatable bonds is 7. The standard InChI is InChI=1S/C20H22BrN3O4S/c1-13-20(21)14(2)24(22-13)12-15-6-5-7-16(10-15)23-29(25,26)19-9-8-17(27-3)11-18(19)28-4/h5-11,23H,12H2,1-4H3. The molecule has 0 aliphatic rings. The smallest absolute Gasteiger partial charge is 0.265 e. The lowest BCUT2D eigenvalue weighted by atomic mass is 10.2. The Bertz CT molecular complexity index is 1140. The van der Waals surface area contributed by atoms with Crippen LogP contribution >= 0.6 is 15.9 Å². The van der Waals surface area contributed by atoms with Crippen molar-refractivity contribution in [2.45, 2.75) is 25.3 Å². The third-order valence-electron chi connectivity index (χ3n) is 4.47. The number of aryl methyl sites for hydroxylation is 1. The van der Waals surface area contributed by atoms with Crippen LogP contribution in [0.4, 0.5) is 5.69 Å². The minimum absolute atomic E-state index is 0.0358. The summed E-state index contributed by atoms with van der Waals surface area (Å²) in [4.78, 5) is 0.0358. The average molecular weight is 480 g/mol. The van der Waals surface area contributed by atoms with Crippen LogP contribution in [0.2, 0.25) is 0 Å². The van der Waals surface area contributed by atoms with Gasteiger partial charge in [-0.3, -0.25) is 9.40 Å². The van der Waals surface area contributed by atoms with E-state index < -0.39 is 10.0 Å². The van der Waals surface area contributed by atoms with Crippen LogP contribution in [0.1, 0.15) is 17.0 Å². The van der Waals surface area contributed by atoms with Crippen LogP contribution in [0.5, 0.6) is 11.5 Å². The van der Waals surface area contributed by atoms with Crippen molar-refractivity contribution in [3.05, 3.63) is 63.9 Å². The van der Waals surface area contributed by atoms with Gasteiger partial charge in [0.05, 0.1) is 36.6 Å². The highest BCUT2D eigenvalue weighted by Crippen LogP contribution is 2.30. The molecule has 1 N–H and O–H groups in total. The van der Waals surface area contributed by atoms with Crippen molar-refractivity contribution in [2.24, 2.45) is 0 Å². The molecule has 3 rings (SSSR count). The van der Waals surface area contributed by atoms with Gasteiger partial charge < -0.3 is 9.47 Å². The number of benzene rings is 2. The van der Waals surface area contributed by atoms with Gasteiger partial charge in [0.25, 0.3) is 10.0 Å². The monoisotopic (exact) mass is 479 g/mol. The number of nitrogens with zero attached hydrogens (tertiary/aromatic N) is 2. The highest BCUT2D eigenvalue weighted by Gasteiger charge is 2.20. The molecule has 2 aromatic carbocycles. The van der Waals surface area contributed by atoms with Crippen molar-refractivity contribution in [3.8, 4) is 11.5 Å². The van der Waals surface area contributed by atoms with E-state index in [1.54, 1.807) is 24.3 Å². The van der Waals surface area contributed by atoms with E-state index in [-0.39, 0.29) is 10.6 Å². The van der Waals surface area contributed by atoms with Crippen LogP contribution in [-0.4, -0.2) is 32.4 Å². The first-order valence-corrected chi connectivity index (χ1v) is 11.1. The first kappa shape index (κ1) is 21.2. The number of sulfonamides is 1. The molecular formula is C20H22BrN3O4S. The number of nitrogens with one attached hydrogen (secondary N) is 1. The fourth-order valence-electron chi connectivity index (χ4n) is 2.94. The Morgan fingerprint density at radius 3 is 2.48 bits per heavy atom. The molecule has 0 bridgehead atoms. The third-order valence-corrected chi connectivity index (χ3v) is 7.03. The molecule has 7 nitrogen and oxygen atoms in total. The Morgan fingerprint density at radius 2 is 1.86 bits per heavy atom. The second-order valence-corrected chi connectivity index (χ2v) is 8.91. The van der Waals surface area contributed by atoms with Crippen molar-refractivity contribution < 1.29 is 17.9 Å². The van der Waals surface area contributed by atoms with Crippen molar-refractivity contribution >= 4 is 31.6 Å². The lowest BCUT2D eigenvalue weighted by Crippen LogP contribution is -2.14. The van der Waals surface area contributed by atoms with Crippen LogP contribution in [0.3, 0.4) is 0 Å². The molecule has 0 radical (unpaired) electrons. The summed E-state index contributed by atoms with van der Waals surface area (Å²) in [6, 6.07) is 11.8. The molecule has 0 saturated heterocycles. The molecule has 0 atom stereocenters. The van der Waals surface area contributed by atoms with Crippen LogP contribution in [-0.2, 0) is 16.6 Å². The van der Waals surface area contributed by atoms with E-state index in [0.29, 0.717) is 18.0 Å². The summed E-state index contributed by atoms with van der Waals surface area (Å²) in [5.74, 6) is 0.722. The van der Waals surface area contributed by atoms with Gasteiger partial charge >= 0.3 is 0 Å². The minimum Gasteiger partial charge on any atom is -0.497 e. The van der Waals surface area contributed by atoms with Gasteiger partial charge in [-0.05, 0) is 59.6 Å². The SMILES string of the molecule is COc1ccc(S(=O)(=O)Nc2cccc(Cn3nc(C)c(Br)c3C)c2)c(OC)c1. The van der Waals surface area contributed by atoms with Crippen molar-refractivity contribution in [1.82, 2.24) is 9.78 Å². The predicted octanol–water partition coefficient (Wildman–Crippen LogP) is 4.13. The van der Waals surface area contributed by atoms with Gasteiger partial charge in [-0.15, -0.1) is 0 Å². The fraction of sp³-hybridized carbons (Fsp3) is 0.250. The molecule has 0 unspecified atom stereocenters. The molecule has 0 amide bonds. The summed E-state index contributed by atoms with van der Waals surface area (Å²) in [7, 11) is -0.916. The summed E-state index contributed by atoms with van der Waals surface area (Å²) >= 11 is 3.52. The van der Waals surface area contributed by atoms with Crippen LogP contribution in [0.15, 0.2) is 51.8 Å². The second kappa shape index (κ2) is 8.46. The van der Waals surface area contributed by atoms with E-state index in [1.807, 2.05) is 24.6 Å². The molecule has 0 spiro atoms. The highest BCUT2D eigenvalue weighted by atomic mass is 79.9. The maximum atomic E-state index is 12.9. The van der Waals surface area contributed by atoms with E-state index in [2.05, 4.69) is 25.8 Å². The number of methoxy groups -OCH3 is 2. The molecule has 0 aliphatic heterocycles. The van der Waals surface area contributed by atoms with Gasteiger partial charge in [-0.1, -0.05) is 12.1 Å². The Labute approximate surface area is 178 Å². The summed E-state index contributed by atoms with van der Waals surface area (Å²) in [6.45, 7) is 4.44. The quantitative estimate of drug-likeness (QED) is 0.550. The molecule has 9 heteroatoms. The van der Waals surface area contributed by atoms with Crippen LogP contribution in [0.25, 0.3) is 0 Å². The zero-order valence-corrected chi connectivity index (χ0v) is 19.0. The molecule has 0 saturated carbocycles. The minimum atomic E-state index is -3.84. The second-order valence-electron chi connectivity index (χ2n) is 6.47. The van der Waals surface area contributed by atoms with Gasteiger partial charge in [0.1, 0.15) is 16.4 Å². The number of halogens is 1. The van der Waals surface area contributed by atoms with Crippen molar-refractivity contribution in [3.63, 3.8) is 0 Å². The number of ether oxygens (including phenoxy) is 2. The normalized spacial score (nSPS) is 11.3. The highest BCUT2D eigenvalue weighted by molar-refractivity contribution is 9.10. The number of aromatic nitrogens is 2. The molecule has 29 heavy (non-hydrogen) atoms. The fourth-order valence-corrected chi connectivity index (χ4v) is 4.43. The van der Waals surface area contributed by atoms with Gasteiger partial charge in [-0.25, -0.2) is 8.42 Å². The molecule has 0 aliphatic carbocycles. The zero-order valence-electron chi connectivity index (χ0n) is 16.6. The number of anilines is 1. The summed E-state index contributed by atoms with van der Waals surface area (Å²) in [5.41, 5.74) is 3.30. The van der Waals surface area contributed by atoms with E-state index in [0.717, 1.165) is 21.4 Å². The largest absolute Gasteiger partial charge is 0.497 e. The summed E-state index contributed by atoms with van der Waals surface area (Å²) in [6.07, 6.45) is 0. The Morgan fingerprint density at radius 1 is 1.10 bits per heavy atom. The Balaban J connectivity index is 1.87. The molecule has 0 fully saturated rings. The van der Waals surface area contributed by atoms with Crippen molar-refractivity contribution in [2.75, 3.05) is 18.9 Å². The lowest BCUT2D eigenvalue weighted by molar-refractivity contribution is 0.386. The summed E-state index contributed by atoms with van der Waals surface area (Å²) < 4.78 is 41.6. The number of hydrogen-bond acceptors (Lipinski definition) is 5.